The van der Waals surface area contributed by atoms with Crippen LogP contribution < -0.4 is 0 Å². The Bertz CT molecular complexity index is 539. The van der Waals surface area contributed by atoms with Crippen molar-refractivity contribution in [3.05, 3.63) is 0 Å². The van der Waals surface area contributed by atoms with Crippen LogP contribution in [0, 0.1) is 34.5 Å². The smallest absolute Gasteiger partial charge is 0.145 e. The number of carbonyl (C=O) groups excluding carboxylic acids is 1. The van der Waals surface area contributed by atoms with E-state index >= 15 is 0 Å². The molecule has 4 rings (SSSR count). The van der Waals surface area contributed by atoms with Gasteiger partial charge in [-0.1, -0.05) is 71.6 Å². The highest BCUT2D eigenvalue weighted by Gasteiger charge is 2.63. The minimum absolute atomic E-state index is 0.143. The minimum Gasteiger partial charge on any atom is -0.298 e. The molecule has 1 heteroatoms. The van der Waals surface area contributed by atoms with Gasteiger partial charge in [0.25, 0.3) is 0 Å². The summed E-state index contributed by atoms with van der Waals surface area (Å²) in [4.78, 5) is 13.5. The molecule has 0 amide bonds. The van der Waals surface area contributed by atoms with Crippen molar-refractivity contribution in [2.75, 3.05) is 0 Å². The maximum absolute atomic E-state index is 13.5. The van der Waals surface area contributed by atoms with Gasteiger partial charge in [-0.2, -0.15) is 0 Å². The molecule has 0 aromatic heterocycles. The van der Waals surface area contributed by atoms with E-state index in [0.29, 0.717) is 0 Å². The van der Waals surface area contributed by atoms with Gasteiger partial charge in [-0.15, -0.1) is 0 Å². The molecule has 4 saturated carbocycles. The van der Waals surface area contributed by atoms with E-state index in [0.717, 1.165) is 29.5 Å². The fraction of sp³-hybridized carbons (Fsp3) is 0.966. The fourth-order valence-corrected chi connectivity index (χ4v) is 8.38. The molecule has 0 aromatic carbocycles. The summed E-state index contributed by atoms with van der Waals surface area (Å²) in [7, 11) is 0. The molecule has 4 aliphatic rings. The first kappa shape index (κ1) is 22.8. The summed E-state index contributed by atoms with van der Waals surface area (Å²) in [5.41, 5.74) is 0.287. The second kappa shape index (κ2) is 10.1. The van der Waals surface area contributed by atoms with Crippen molar-refractivity contribution in [1.82, 2.24) is 0 Å². The third-order valence-corrected chi connectivity index (χ3v) is 10.4. The molecule has 0 aliphatic heterocycles. The first-order valence-corrected chi connectivity index (χ1v) is 14.2. The molecular weight excluding hydrogens is 364 g/mol. The lowest BCUT2D eigenvalue weighted by Gasteiger charge is -2.59. The van der Waals surface area contributed by atoms with Crippen LogP contribution in [0.25, 0.3) is 0 Å². The summed E-state index contributed by atoms with van der Waals surface area (Å²) in [6.07, 6.45) is 27.4. The van der Waals surface area contributed by atoms with E-state index in [1.54, 1.807) is 0 Å². The molecule has 0 bridgehead atoms. The predicted molar refractivity (Wildman–Crippen MR) is 128 cm³/mol. The molecule has 4 aliphatic carbocycles. The van der Waals surface area contributed by atoms with Crippen molar-refractivity contribution in [2.45, 2.75) is 142 Å². The van der Waals surface area contributed by atoms with Gasteiger partial charge >= 0.3 is 0 Å². The predicted octanol–water partition coefficient (Wildman–Crippen LogP) is 8.89. The zero-order chi connectivity index (χ0) is 21.0. The summed E-state index contributed by atoms with van der Waals surface area (Å²) in [5.74, 6) is 4.63. The van der Waals surface area contributed by atoms with Crippen molar-refractivity contribution >= 4 is 5.78 Å². The van der Waals surface area contributed by atoms with Gasteiger partial charge in [0.2, 0.25) is 0 Å². The summed E-state index contributed by atoms with van der Waals surface area (Å²) in [6, 6.07) is 0. The Morgan fingerprint density at radius 2 is 1.13 bits per heavy atom. The summed E-state index contributed by atoms with van der Waals surface area (Å²) in [5, 5.41) is 0. The number of hydrogen-bond acceptors (Lipinski definition) is 1. The lowest BCUT2D eigenvalue weighted by molar-refractivity contribution is -0.169. The number of unbranched alkanes of at least 4 members (excludes halogenated alkanes) is 3. The van der Waals surface area contributed by atoms with Crippen molar-refractivity contribution in [3.63, 3.8) is 0 Å². The van der Waals surface area contributed by atoms with Gasteiger partial charge in [-0.05, 0) is 94.3 Å². The van der Waals surface area contributed by atoms with Crippen LogP contribution in [0.5, 0.6) is 0 Å². The number of Topliss-reactive ketones (excluding diaryl/α,β-unsaturated/α-hetero) is 1. The van der Waals surface area contributed by atoms with Crippen LogP contribution in [0.2, 0.25) is 0 Å². The largest absolute Gasteiger partial charge is 0.298 e. The molecule has 30 heavy (non-hydrogen) atoms. The first-order chi connectivity index (χ1) is 14.6. The minimum atomic E-state index is 0.143. The summed E-state index contributed by atoms with van der Waals surface area (Å²) in [6.45, 7) is 4.63. The second-order valence-corrected chi connectivity index (χ2v) is 12.3. The molecular formula is C29H50O. The zero-order valence-corrected chi connectivity index (χ0v) is 20.4. The van der Waals surface area contributed by atoms with Gasteiger partial charge < -0.3 is 0 Å². The van der Waals surface area contributed by atoms with Gasteiger partial charge in [-0.3, -0.25) is 4.79 Å². The lowest BCUT2D eigenvalue weighted by Crippen LogP contribution is -2.59. The first-order valence-electron chi connectivity index (χ1n) is 14.2. The van der Waals surface area contributed by atoms with Crippen LogP contribution in [-0.2, 0) is 4.79 Å². The van der Waals surface area contributed by atoms with Crippen molar-refractivity contribution in [3.8, 4) is 0 Å². The molecule has 0 N–H and O–H groups in total. The molecule has 4 fully saturated rings. The highest BCUT2D eigenvalue weighted by atomic mass is 16.1. The highest BCUT2D eigenvalue weighted by Crippen LogP contribution is 2.64. The van der Waals surface area contributed by atoms with Crippen LogP contribution >= 0.6 is 0 Å². The number of carbonyl (C=O) groups is 1. The monoisotopic (exact) mass is 414 g/mol. The molecule has 0 saturated heterocycles. The SMILES string of the molecule is CCCCCC1CCC2(CC1)CC1(CCC(C3CCC(CCCC)CC3)CC1)C2=O. The molecule has 172 valence electrons. The van der Waals surface area contributed by atoms with E-state index in [2.05, 4.69) is 13.8 Å². The van der Waals surface area contributed by atoms with Gasteiger partial charge in [-0.25, -0.2) is 0 Å². The molecule has 0 radical (unpaired) electrons. The standard InChI is InChI=1S/C29H50O/c1-3-5-7-9-24-14-18-28(19-15-24)22-29(27(28)30)20-16-26(17-21-29)25-12-10-23(11-13-25)8-6-4-2/h23-26H,3-22H2,1-2H3. The van der Waals surface area contributed by atoms with Gasteiger partial charge in [0.05, 0.1) is 0 Å². The maximum Gasteiger partial charge on any atom is 0.145 e. The van der Waals surface area contributed by atoms with Gasteiger partial charge in [0, 0.05) is 10.8 Å². The molecule has 1 nitrogen and oxygen atoms in total. The normalized spacial score (nSPS) is 41.9. The van der Waals surface area contributed by atoms with Crippen LogP contribution in [0.15, 0.2) is 0 Å². The Morgan fingerprint density at radius 1 is 0.633 bits per heavy atom. The Hall–Kier alpha value is -0.330. The summed E-state index contributed by atoms with van der Waals surface area (Å²) < 4.78 is 0. The average molecular weight is 415 g/mol. The van der Waals surface area contributed by atoms with E-state index in [9.17, 15) is 4.79 Å². The molecule has 0 heterocycles. The van der Waals surface area contributed by atoms with E-state index < -0.39 is 0 Å². The Labute approximate surface area is 187 Å². The Morgan fingerprint density at radius 3 is 1.70 bits per heavy atom. The van der Waals surface area contributed by atoms with Crippen molar-refractivity contribution in [1.29, 1.82) is 0 Å². The van der Waals surface area contributed by atoms with E-state index in [4.69, 9.17) is 0 Å². The van der Waals surface area contributed by atoms with Crippen LogP contribution in [0.3, 0.4) is 0 Å². The number of rotatable bonds is 8. The summed E-state index contributed by atoms with van der Waals surface area (Å²) >= 11 is 0. The number of hydrogen-bond donors (Lipinski definition) is 0. The topological polar surface area (TPSA) is 17.1 Å². The Balaban J connectivity index is 1.19. The molecule has 0 unspecified atom stereocenters. The molecule has 2 spiro atoms. The number of ketones is 1. The molecule has 0 aromatic rings. The third kappa shape index (κ3) is 4.71. The quantitative estimate of drug-likeness (QED) is 0.362. The van der Waals surface area contributed by atoms with Crippen LogP contribution in [0.1, 0.15) is 142 Å². The maximum atomic E-state index is 13.5. The zero-order valence-electron chi connectivity index (χ0n) is 20.4. The average Bonchev–Trinajstić information content (AvgIpc) is 2.80. The highest BCUT2D eigenvalue weighted by molar-refractivity contribution is 5.96. The van der Waals surface area contributed by atoms with Gasteiger partial charge in [0.1, 0.15) is 5.78 Å². The van der Waals surface area contributed by atoms with Crippen molar-refractivity contribution < 1.29 is 4.79 Å². The Kier molecular flexibility index (Phi) is 7.68. The van der Waals surface area contributed by atoms with Crippen LogP contribution in [0.4, 0.5) is 0 Å². The molecule has 0 atom stereocenters. The second-order valence-electron chi connectivity index (χ2n) is 12.3. The van der Waals surface area contributed by atoms with Crippen molar-refractivity contribution in [2.24, 2.45) is 34.5 Å². The lowest BCUT2D eigenvalue weighted by atomic mass is 9.42. The van der Waals surface area contributed by atoms with E-state index in [1.807, 2.05) is 0 Å². The van der Waals surface area contributed by atoms with E-state index in [1.165, 1.54) is 128 Å². The third-order valence-electron chi connectivity index (χ3n) is 10.4. The van der Waals surface area contributed by atoms with Crippen LogP contribution in [-0.4, -0.2) is 5.78 Å². The van der Waals surface area contributed by atoms with E-state index in [-0.39, 0.29) is 10.8 Å². The fourth-order valence-electron chi connectivity index (χ4n) is 8.38. The van der Waals surface area contributed by atoms with Gasteiger partial charge in [0.15, 0.2) is 0 Å².